The zero-order chi connectivity index (χ0) is 15.4. The van der Waals surface area contributed by atoms with Crippen molar-refractivity contribution in [1.29, 1.82) is 0 Å². The molecule has 120 valence electrons. The van der Waals surface area contributed by atoms with Crippen LogP contribution in [0.5, 0.6) is 0 Å². The molecule has 0 radical (unpaired) electrons. The van der Waals surface area contributed by atoms with Crippen LogP contribution in [0.15, 0.2) is 29.2 Å². The van der Waals surface area contributed by atoms with Crippen molar-refractivity contribution in [3.8, 4) is 0 Å². The van der Waals surface area contributed by atoms with Gasteiger partial charge in [-0.3, -0.25) is 4.79 Å². The van der Waals surface area contributed by atoms with E-state index in [2.05, 4.69) is 12.1 Å². The van der Waals surface area contributed by atoms with E-state index in [1.54, 1.807) is 11.8 Å². The molecule has 1 saturated carbocycles. The van der Waals surface area contributed by atoms with Gasteiger partial charge in [-0.1, -0.05) is 44.2 Å². The van der Waals surface area contributed by atoms with Crippen molar-refractivity contribution in [2.75, 3.05) is 17.2 Å². The van der Waals surface area contributed by atoms with Gasteiger partial charge in [-0.25, -0.2) is 0 Å². The number of rotatable bonds is 4. The maximum absolute atomic E-state index is 12.6. The van der Waals surface area contributed by atoms with Gasteiger partial charge in [0, 0.05) is 17.2 Å². The third-order valence-electron chi connectivity index (χ3n) is 4.88. The van der Waals surface area contributed by atoms with E-state index in [9.17, 15) is 4.79 Å². The maximum Gasteiger partial charge on any atom is 0.244 e. The van der Waals surface area contributed by atoms with Crippen LogP contribution in [0.25, 0.3) is 0 Å². The van der Waals surface area contributed by atoms with Crippen LogP contribution in [0.3, 0.4) is 0 Å². The summed E-state index contributed by atoms with van der Waals surface area (Å²) in [6, 6.07) is 7.82. The van der Waals surface area contributed by atoms with Crippen LogP contribution in [-0.4, -0.2) is 24.2 Å². The second-order valence-corrected chi connectivity index (χ2v) is 7.58. The van der Waals surface area contributed by atoms with Gasteiger partial charge in [-0.2, -0.15) is 0 Å². The van der Waals surface area contributed by atoms with Crippen molar-refractivity contribution < 1.29 is 4.79 Å². The van der Waals surface area contributed by atoms with E-state index < -0.39 is 0 Å². The molecule has 0 aromatic heterocycles. The first-order valence-corrected chi connectivity index (χ1v) is 9.53. The number of carbonyl (C=O) groups excluding carboxylic acids is 1. The Bertz CT molecular complexity index is 514. The summed E-state index contributed by atoms with van der Waals surface area (Å²) in [5.41, 5.74) is 7.10. The first-order chi connectivity index (χ1) is 10.8. The monoisotopic (exact) mass is 318 g/mol. The van der Waals surface area contributed by atoms with Crippen LogP contribution in [0, 0.1) is 5.92 Å². The average molecular weight is 318 g/mol. The second-order valence-electron chi connectivity index (χ2n) is 6.52. The highest BCUT2D eigenvalue weighted by molar-refractivity contribution is 7.99. The quantitative estimate of drug-likeness (QED) is 0.918. The van der Waals surface area contributed by atoms with Gasteiger partial charge in [0.1, 0.15) is 0 Å². The molecule has 1 amide bonds. The van der Waals surface area contributed by atoms with Gasteiger partial charge in [0.05, 0.1) is 11.7 Å². The van der Waals surface area contributed by atoms with Gasteiger partial charge in [0.25, 0.3) is 0 Å². The molecule has 2 N–H and O–H groups in total. The molecular weight excluding hydrogens is 292 g/mol. The summed E-state index contributed by atoms with van der Waals surface area (Å²) in [5.74, 6) is 1.63. The van der Waals surface area contributed by atoms with Crippen molar-refractivity contribution in [2.45, 2.75) is 55.9 Å². The highest BCUT2D eigenvalue weighted by Crippen LogP contribution is 2.34. The first kappa shape index (κ1) is 15.9. The molecule has 1 fully saturated rings. The minimum absolute atomic E-state index is 0.0843. The number of amides is 1. The first-order valence-electron chi connectivity index (χ1n) is 8.54. The van der Waals surface area contributed by atoms with E-state index in [1.165, 1.54) is 43.4 Å². The van der Waals surface area contributed by atoms with E-state index >= 15 is 0 Å². The average Bonchev–Trinajstić information content (AvgIpc) is 2.68. The molecule has 1 atom stereocenters. The highest BCUT2D eigenvalue weighted by atomic mass is 32.2. The number of fused-ring (bicyclic) bond motifs is 1. The van der Waals surface area contributed by atoms with Crippen molar-refractivity contribution in [2.24, 2.45) is 11.7 Å². The Balaban J connectivity index is 1.65. The lowest BCUT2D eigenvalue weighted by molar-refractivity contribution is -0.119. The molecule has 2 aliphatic rings. The van der Waals surface area contributed by atoms with Gasteiger partial charge in [0.2, 0.25) is 5.91 Å². The van der Waals surface area contributed by atoms with E-state index in [4.69, 9.17) is 5.73 Å². The summed E-state index contributed by atoms with van der Waals surface area (Å²) < 4.78 is 0. The summed E-state index contributed by atoms with van der Waals surface area (Å²) in [5, 5.41) is 0. The van der Waals surface area contributed by atoms with E-state index in [0.717, 1.165) is 24.6 Å². The molecule has 0 unspecified atom stereocenters. The van der Waals surface area contributed by atoms with Gasteiger partial charge >= 0.3 is 0 Å². The van der Waals surface area contributed by atoms with Gasteiger partial charge < -0.3 is 10.6 Å². The number of anilines is 1. The lowest BCUT2D eigenvalue weighted by Gasteiger charge is -2.26. The smallest absolute Gasteiger partial charge is 0.244 e. The normalized spacial score (nSPS) is 23.2. The number of para-hydroxylation sites is 1. The topological polar surface area (TPSA) is 46.3 Å². The van der Waals surface area contributed by atoms with E-state index in [1.807, 2.05) is 17.0 Å². The number of carbonyl (C=O) groups is 1. The van der Waals surface area contributed by atoms with Gasteiger partial charge in [-0.05, 0) is 30.9 Å². The fraction of sp³-hybridized carbons (Fsp3) is 0.611. The summed E-state index contributed by atoms with van der Waals surface area (Å²) in [6.45, 7) is 0.806. The van der Waals surface area contributed by atoms with Gasteiger partial charge in [0.15, 0.2) is 0 Å². The Morgan fingerprint density at radius 1 is 1.18 bits per heavy atom. The summed E-state index contributed by atoms with van der Waals surface area (Å²) in [7, 11) is 0. The lowest BCUT2D eigenvalue weighted by Crippen LogP contribution is -2.44. The van der Waals surface area contributed by atoms with Crippen molar-refractivity contribution in [1.82, 2.24) is 0 Å². The molecule has 0 saturated heterocycles. The van der Waals surface area contributed by atoms with E-state index in [-0.39, 0.29) is 11.9 Å². The molecule has 1 aromatic rings. The molecule has 1 heterocycles. The van der Waals surface area contributed by atoms with Crippen LogP contribution < -0.4 is 10.6 Å². The van der Waals surface area contributed by atoms with E-state index in [0.29, 0.717) is 5.75 Å². The second kappa shape index (κ2) is 7.51. The molecule has 1 aliphatic carbocycles. The Morgan fingerprint density at radius 3 is 2.77 bits per heavy atom. The molecule has 0 bridgehead atoms. The summed E-state index contributed by atoms with van der Waals surface area (Å²) >= 11 is 1.70. The fourth-order valence-electron chi connectivity index (χ4n) is 3.62. The Kier molecular flexibility index (Phi) is 5.42. The maximum atomic E-state index is 12.6. The zero-order valence-electron chi connectivity index (χ0n) is 13.2. The van der Waals surface area contributed by atoms with Crippen LogP contribution in [0.1, 0.15) is 44.9 Å². The minimum Gasteiger partial charge on any atom is -0.319 e. The van der Waals surface area contributed by atoms with Crippen LogP contribution in [0.2, 0.25) is 0 Å². The molecule has 1 aromatic carbocycles. The number of hydrogen-bond acceptors (Lipinski definition) is 3. The lowest BCUT2D eigenvalue weighted by atomic mass is 9.86. The molecule has 4 heteroatoms. The molecule has 3 rings (SSSR count). The number of nitrogens with two attached hydrogens (primary N) is 1. The number of benzene rings is 1. The molecule has 1 aliphatic heterocycles. The standard InChI is InChI=1S/C18H26N2OS/c19-15-13-22-17-11-5-4-10-16(17)20(18(15)21)12-6-9-14-7-2-1-3-8-14/h4-5,10-11,14-15H,1-3,6-9,12-13,19H2/t15-/m0/s1. The zero-order valence-corrected chi connectivity index (χ0v) is 14.0. The van der Waals surface area contributed by atoms with Gasteiger partial charge in [-0.15, -0.1) is 11.8 Å². The third kappa shape index (κ3) is 3.66. The Morgan fingerprint density at radius 2 is 1.95 bits per heavy atom. The van der Waals surface area contributed by atoms with Crippen LogP contribution in [-0.2, 0) is 4.79 Å². The predicted molar refractivity (Wildman–Crippen MR) is 93.3 cm³/mol. The van der Waals surface area contributed by atoms with Crippen LogP contribution in [0.4, 0.5) is 5.69 Å². The van der Waals surface area contributed by atoms with Crippen LogP contribution >= 0.6 is 11.8 Å². The minimum atomic E-state index is -0.382. The Hall–Kier alpha value is -1.00. The van der Waals surface area contributed by atoms with Crippen molar-refractivity contribution in [3.63, 3.8) is 0 Å². The highest BCUT2D eigenvalue weighted by Gasteiger charge is 2.28. The fourth-order valence-corrected chi connectivity index (χ4v) is 4.62. The number of hydrogen-bond donors (Lipinski definition) is 1. The molecular formula is C18H26N2OS. The number of thioether (sulfide) groups is 1. The summed E-state index contributed by atoms with van der Waals surface area (Å²) in [4.78, 5) is 15.7. The Labute approximate surface area is 137 Å². The SMILES string of the molecule is N[C@H]1CSc2ccccc2N(CCCC2CCCCC2)C1=O. The summed E-state index contributed by atoms with van der Waals surface area (Å²) in [6.07, 6.45) is 9.26. The van der Waals surface area contributed by atoms with Crippen molar-refractivity contribution >= 4 is 23.4 Å². The van der Waals surface area contributed by atoms with Crippen molar-refractivity contribution in [3.05, 3.63) is 24.3 Å². The molecule has 0 spiro atoms. The third-order valence-corrected chi connectivity index (χ3v) is 6.06. The largest absolute Gasteiger partial charge is 0.319 e. The molecule has 3 nitrogen and oxygen atoms in total. The predicted octanol–water partition coefficient (Wildman–Crippen LogP) is 3.81. The molecule has 22 heavy (non-hydrogen) atoms. The number of nitrogens with zero attached hydrogens (tertiary/aromatic N) is 1.